The maximum atomic E-state index is 5.99. The molecule has 0 bridgehead atoms. The van der Waals surface area contributed by atoms with Crippen LogP contribution in [0.1, 0.15) is 38.2 Å². The normalized spacial score (nSPS) is 15.9. The summed E-state index contributed by atoms with van der Waals surface area (Å²) < 4.78 is 0. The molecule has 0 heterocycles. The Bertz CT molecular complexity index is 400. The van der Waals surface area contributed by atoms with E-state index >= 15 is 0 Å². The van der Waals surface area contributed by atoms with Gasteiger partial charge in [-0.05, 0) is 36.6 Å². The van der Waals surface area contributed by atoms with Crippen LogP contribution >= 0.6 is 11.8 Å². The summed E-state index contributed by atoms with van der Waals surface area (Å²) in [4.78, 5) is 3.76. The predicted molar refractivity (Wildman–Crippen MR) is 86.0 cm³/mol. The Morgan fingerprint density at radius 3 is 2.68 bits per heavy atom. The number of thioether (sulfide) groups is 1. The standard InChI is InChI=1S/C16H26N2S/c1-3-19-16-10-6-9-15(14(16)11-17)18(2)12-13-7-4-5-8-13/h6,9-10,13H,3-5,7-8,11-12,17H2,1-2H3. The van der Waals surface area contributed by atoms with Gasteiger partial charge in [0, 0.05) is 36.3 Å². The smallest absolute Gasteiger partial charge is 0.0420 e. The van der Waals surface area contributed by atoms with Crippen LogP contribution in [0.3, 0.4) is 0 Å². The van der Waals surface area contributed by atoms with Gasteiger partial charge < -0.3 is 10.6 Å². The monoisotopic (exact) mass is 278 g/mol. The van der Waals surface area contributed by atoms with E-state index in [-0.39, 0.29) is 0 Å². The average molecular weight is 278 g/mol. The van der Waals surface area contributed by atoms with Crippen LogP contribution in [0.15, 0.2) is 23.1 Å². The summed E-state index contributed by atoms with van der Waals surface area (Å²) in [6.45, 7) is 4.00. The summed E-state index contributed by atoms with van der Waals surface area (Å²) in [6, 6.07) is 6.58. The van der Waals surface area contributed by atoms with Gasteiger partial charge in [-0.15, -0.1) is 11.8 Å². The summed E-state index contributed by atoms with van der Waals surface area (Å²) in [7, 11) is 2.22. The Morgan fingerprint density at radius 1 is 1.32 bits per heavy atom. The molecule has 1 aliphatic carbocycles. The van der Waals surface area contributed by atoms with Crippen molar-refractivity contribution in [2.45, 2.75) is 44.0 Å². The van der Waals surface area contributed by atoms with Gasteiger partial charge in [0.2, 0.25) is 0 Å². The highest BCUT2D eigenvalue weighted by molar-refractivity contribution is 7.99. The van der Waals surface area contributed by atoms with Gasteiger partial charge in [0.05, 0.1) is 0 Å². The van der Waals surface area contributed by atoms with Gasteiger partial charge in [-0.3, -0.25) is 0 Å². The van der Waals surface area contributed by atoms with Crippen molar-refractivity contribution in [1.82, 2.24) is 0 Å². The molecule has 106 valence electrons. The molecule has 1 aromatic rings. The minimum Gasteiger partial charge on any atom is -0.374 e. The van der Waals surface area contributed by atoms with Crippen LogP contribution in [0, 0.1) is 5.92 Å². The van der Waals surface area contributed by atoms with Crippen LogP contribution in [-0.4, -0.2) is 19.3 Å². The molecule has 0 unspecified atom stereocenters. The van der Waals surface area contributed by atoms with E-state index in [1.807, 2.05) is 11.8 Å². The average Bonchev–Trinajstić information content (AvgIpc) is 2.91. The highest BCUT2D eigenvalue weighted by Crippen LogP contribution is 2.32. The Morgan fingerprint density at radius 2 is 2.05 bits per heavy atom. The lowest BCUT2D eigenvalue weighted by Gasteiger charge is -2.26. The van der Waals surface area contributed by atoms with E-state index in [0.29, 0.717) is 6.54 Å². The maximum absolute atomic E-state index is 5.99. The minimum absolute atomic E-state index is 0.632. The summed E-state index contributed by atoms with van der Waals surface area (Å²) in [6.07, 6.45) is 5.61. The van der Waals surface area contributed by atoms with Gasteiger partial charge in [0.15, 0.2) is 0 Å². The van der Waals surface area contributed by atoms with Crippen LogP contribution in [0.5, 0.6) is 0 Å². The van der Waals surface area contributed by atoms with Crippen LogP contribution in [-0.2, 0) is 6.54 Å². The lowest BCUT2D eigenvalue weighted by Crippen LogP contribution is -2.25. The van der Waals surface area contributed by atoms with E-state index in [4.69, 9.17) is 5.73 Å². The van der Waals surface area contributed by atoms with E-state index in [1.165, 1.54) is 48.4 Å². The number of anilines is 1. The summed E-state index contributed by atoms with van der Waals surface area (Å²) in [5.41, 5.74) is 8.63. The quantitative estimate of drug-likeness (QED) is 0.801. The Kier molecular flexibility index (Phi) is 5.59. The van der Waals surface area contributed by atoms with E-state index in [2.05, 4.69) is 37.1 Å². The van der Waals surface area contributed by atoms with Crippen molar-refractivity contribution in [2.75, 3.05) is 24.2 Å². The lowest BCUT2D eigenvalue weighted by molar-refractivity contribution is 0.546. The number of nitrogens with zero attached hydrogens (tertiary/aromatic N) is 1. The van der Waals surface area contributed by atoms with Crippen LogP contribution < -0.4 is 10.6 Å². The van der Waals surface area contributed by atoms with Crippen molar-refractivity contribution in [3.8, 4) is 0 Å². The first-order valence-corrected chi connectivity index (χ1v) is 8.40. The molecule has 0 aromatic heterocycles. The first kappa shape index (κ1) is 14.7. The topological polar surface area (TPSA) is 29.3 Å². The molecule has 2 nitrogen and oxygen atoms in total. The molecule has 3 heteroatoms. The molecule has 2 N–H and O–H groups in total. The van der Waals surface area contributed by atoms with E-state index in [0.717, 1.165) is 11.7 Å². The molecule has 0 atom stereocenters. The van der Waals surface area contributed by atoms with Crippen molar-refractivity contribution in [3.05, 3.63) is 23.8 Å². The molecule has 0 aliphatic heterocycles. The number of hydrogen-bond acceptors (Lipinski definition) is 3. The molecule has 19 heavy (non-hydrogen) atoms. The van der Waals surface area contributed by atoms with Crippen molar-refractivity contribution in [1.29, 1.82) is 0 Å². The zero-order valence-electron chi connectivity index (χ0n) is 12.2. The zero-order chi connectivity index (χ0) is 13.7. The summed E-state index contributed by atoms with van der Waals surface area (Å²) in [5, 5.41) is 0. The molecule has 0 saturated heterocycles. The molecule has 2 rings (SSSR count). The van der Waals surface area contributed by atoms with Gasteiger partial charge in [-0.1, -0.05) is 25.8 Å². The summed E-state index contributed by atoms with van der Waals surface area (Å²) in [5.74, 6) is 1.97. The van der Waals surface area contributed by atoms with Crippen molar-refractivity contribution in [2.24, 2.45) is 11.7 Å². The Balaban J connectivity index is 2.14. The van der Waals surface area contributed by atoms with E-state index in [1.54, 1.807) is 0 Å². The second-order valence-corrected chi connectivity index (χ2v) is 6.73. The molecular weight excluding hydrogens is 252 g/mol. The predicted octanol–water partition coefficient (Wildman–Crippen LogP) is 3.88. The Hall–Kier alpha value is -0.670. The number of rotatable bonds is 6. The molecule has 1 aliphatic rings. The number of hydrogen-bond donors (Lipinski definition) is 1. The SMILES string of the molecule is CCSc1cccc(N(C)CC2CCCC2)c1CN. The fourth-order valence-electron chi connectivity index (χ4n) is 3.09. The van der Waals surface area contributed by atoms with Crippen molar-refractivity contribution >= 4 is 17.4 Å². The van der Waals surface area contributed by atoms with Crippen molar-refractivity contribution < 1.29 is 0 Å². The summed E-state index contributed by atoms with van der Waals surface area (Å²) >= 11 is 1.89. The van der Waals surface area contributed by atoms with Crippen molar-refractivity contribution in [3.63, 3.8) is 0 Å². The Labute approximate surface area is 121 Å². The van der Waals surface area contributed by atoms with Gasteiger partial charge in [0.25, 0.3) is 0 Å². The molecule has 1 fully saturated rings. The molecule has 1 saturated carbocycles. The van der Waals surface area contributed by atoms with Gasteiger partial charge >= 0.3 is 0 Å². The second-order valence-electron chi connectivity index (χ2n) is 5.42. The lowest BCUT2D eigenvalue weighted by atomic mass is 10.1. The highest BCUT2D eigenvalue weighted by atomic mass is 32.2. The molecule has 0 spiro atoms. The molecule has 1 aromatic carbocycles. The third-order valence-electron chi connectivity index (χ3n) is 4.03. The molecule has 0 radical (unpaired) electrons. The number of benzene rings is 1. The largest absolute Gasteiger partial charge is 0.374 e. The van der Waals surface area contributed by atoms with Crippen LogP contribution in [0.25, 0.3) is 0 Å². The van der Waals surface area contributed by atoms with E-state index in [9.17, 15) is 0 Å². The van der Waals surface area contributed by atoms with Crippen LogP contribution in [0.4, 0.5) is 5.69 Å². The number of nitrogens with two attached hydrogens (primary N) is 1. The zero-order valence-corrected chi connectivity index (χ0v) is 13.0. The molecular formula is C16H26N2S. The minimum atomic E-state index is 0.632. The van der Waals surface area contributed by atoms with E-state index < -0.39 is 0 Å². The fourth-order valence-corrected chi connectivity index (χ4v) is 3.93. The van der Waals surface area contributed by atoms with Gasteiger partial charge in [-0.25, -0.2) is 0 Å². The fraction of sp³-hybridized carbons (Fsp3) is 0.625. The van der Waals surface area contributed by atoms with Gasteiger partial charge in [-0.2, -0.15) is 0 Å². The first-order valence-electron chi connectivity index (χ1n) is 7.42. The first-order chi connectivity index (χ1) is 9.26. The van der Waals surface area contributed by atoms with Gasteiger partial charge in [0.1, 0.15) is 0 Å². The third-order valence-corrected chi connectivity index (χ3v) is 5.01. The molecule has 0 amide bonds. The maximum Gasteiger partial charge on any atom is 0.0420 e. The second kappa shape index (κ2) is 7.20. The van der Waals surface area contributed by atoms with Crippen LogP contribution in [0.2, 0.25) is 0 Å². The third kappa shape index (κ3) is 3.67. The highest BCUT2D eigenvalue weighted by Gasteiger charge is 2.18.